The van der Waals surface area contributed by atoms with Gasteiger partial charge in [0.05, 0.1) is 12.1 Å². The van der Waals surface area contributed by atoms with Crippen LogP contribution in [0, 0.1) is 0 Å². The summed E-state index contributed by atoms with van der Waals surface area (Å²) in [5, 5.41) is 3.53. The number of carbonyl (C=O) groups excluding carboxylic acids is 1. The maximum Gasteiger partial charge on any atom is 0.242 e. The van der Waals surface area contributed by atoms with Crippen LogP contribution in [-0.4, -0.2) is 108 Å². The molecule has 8 heteroatoms. The van der Waals surface area contributed by atoms with Crippen LogP contribution < -0.4 is 5.32 Å². The average molecular weight is 478 g/mol. The molecule has 4 aliphatic heterocycles. The topological polar surface area (TPSA) is 54.4 Å². The molecule has 0 spiro atoms. The second kappa shape index (κ2) is 8.60. The van der Waals surface area contributed by atoms with Crippen LogP contribution in [0.2, 0.25) is 0 Å². The van der Waals surface area contributed by atoms with Crippen molar-refractivity contribution in [3.05, 3.63) is 0 Å². The van der Waals surface area contributed by atoms with E-state index in [4.69, 9.17) is 0 Å². The molecule has 0 aromatic rings. The maximum atomic E-state index is 12.7. The summed E-state index contributed by atoms with van der Waals surface area (Å²) in [6, 6.07) is 0.763. The third kappa shape index (κ3) is 4.44. The van der Waals surface area contributed by atoms with E-state index < -0.39 is 0 Å². The predicted molar refractivity (Wildman–Crippen MR) is 116 cm³/mol. The maximum absolute atomic E-state index is 12.7. The van der Waals surface area contributed by atoms with Crippen LogP contribution in [0.3, 0.4) is 0 Å². The highest BCUT2D eigenvalue weighted by Crippen LogP contribution is 2.24. The van der Waals surface area contributed by atoms with Gasteiger partial charge < -0.3 is 15.1 Å². The van der Waals surface area contributed by atoms with Crippen molar-refractivity contribution in [2.24, 2.45) is 4.99 Å². The summed E-state index contributed by atoms with van der Waals surface area (Å²) >= 11 is 0. The van der Waals surface area contributed by atoms with Crippen LogP contribution in [0.15, 0.2) is 4.99 Å². The molecule has 4 rings (SSSR count). The second-order valence-corrected chi connectivity index (χ2v) is 8.44. The van der Waals surface area contributed by atoms with Gasteiger partial charge in [0.15, 0.2) is 5.96 Å². The van der Waals surface area contributed by atoms with Crippen LogP contribution in [0.1, 0.15) is 27.7 Å². The number of amides is 1. The van der Waals surface area contributed by atoms with E-state index in [0.717, 1.165) is 25.6 Å². The summed E-state index contributed by atoms with van der Waals surface area (Å²) in [7, 11) is 1.81. The van der Waals surface area contributed by atoms with E-state index in [2.05, 4.69) is 52.7 Å². The second-order valence-electron chi connectivity index (χ2n) is 8.44. The summed E-state index contributed by atoms with van der Waals surface area (Å²) in [4.78, 5) is 26.4. The van der Waals surface area contributed by atoms with Crippen LogP contribution in [-0.2, 0) is 4.79 Å². The fourth-order valence-electron chi connectivity index (χ4n) is 4.77. The van der Waals surface area contributed by atoms with Gasteiger partial charge in [0.2, 0.25) is 5.91 Å². The lowest BCUT2D eigenvalue weighted by molar-refractivity contribution is -0.145. The molecule has 4 heterocycles. The van der Waals surface area contributed by atoms with E-state index in [-0.39, 0.29) is 41.5 Å². The summed E-state index contributed by atoms with van der Waals surface area (Å²) in [5.74, 6) is 1.03. The van der Waals surface area contributed by atoms with Gasteiger partial charge in [-0.3, -0.25) is 19.6 Å². The molecule has 0 aromatic carbocycles. The Labute approximate surface area is 175 Å². The molecule has 26 heavy (non-hydrogen) atoms. The van der Waals surface area contributed by atoms with Crippen molar-refractivity contribution in [3.8, 4) is 0 Å². The molecule has 1 amide bonds. The third-order valence-corrected chi connectivity index (χ3v) is 5.74. The minimum atomic E-state index is -0.194. The van der Waals surface area contributed by atoms with Crippen molar-refractivity contribution in [2.75, 3.05) is 59.4 Å². The van der Waals surface area contributed by atoms with Crippen molar-refractivity contribution in [1.29, 1.82) is 0 Å². The van der Waals surface area contributed by atoms with E-state index in [1.165, 1.54) is 26.2 Å². The number of nitrogens with zero attached hydrogens (tertiary/aromatic N) is 5. The number of aliphatic imine (C=N–C) groups is 1. The molecule has 150 valence electrons. The van der Waals surface area contributed by atoms with Gasteiger partial charge in [-0.05, 0) is 27.7 Å². The van der Waals surface area contributed by atoms with Gasteiger partial charge >= 0.3 is 0 Å². The number of fused-ring (bicyclic) bond motifs is 3. The summed E-state index contributed by atoms with van der Waals surface area (Å²) in [5.41, 5.74) is -0.194. The first kappa shape index (κ1) is 21.7. The lowest BCUT2D eigenvalue weighted by Gasteiger charge is -2.50. The number of hydrogen-bond acceptors (Lipinski definition) is 4. The molecule has 1 N–H and O–H groups in total. The highest BCUT2D eigenvalue weighted by atomic mass is 127. The van der Waals surface area contributed by atoms with Crippen molar-refractivity contribution < 1.29 is 4.79 Å². The first-order chi connectivity index (χ1) is 11.8. The Morgan fingerprint density at radius 3 is 2.38 bits per heavy atom. The Kier molecular flexibility index (Phi) is 7.17. The zero-order chi connectivity index (χ0) is 18.2. The Morgan fingerprint density at radius 1 is 1.27 bits per heavy atom. The Bertz CT molecular complexity index is 530. The van der Waals surface area contributed by atoms with E-state index in [1.54, 1.807) is 0 Å². The van der Waals surface area contributed by atoms with Gasteiger partial charge in [-0.25, -0.2) is 0 Å². The SMILES string of the molecule is CN=C(NCC1CN2CCN1CC2)N1CC(=O)N(C(C)C)C(C)(C)C1.I. The van der Waals surface area contributed by atoms with Gasteiger partial charge in [-0.15, -0.1) is 24.0 Å². The smallest absolute Gasteiger partial charge is 0.242 e. The number of halogens is 1. The highest BCUT2D eigenvalue weighted by Gasteiger charge is 2.41. The van der Waals surface area contributed by atoms with E-state index in [0.29, 0.717) is 12.6 Å². The molecule has 0 aliphatic carbocycles. The Balaban J connectivity index is 0.00000243. The molecule has 4 fully saturated rings. The van der Waals surface area contributed by atoms with Crippen molar-refractivity contribution in [2.45, 2.75) is 45.3 Å². The van der Waals surface area contributed by atoms with Crippen LogP contribution in [0.5, 0.6) is 0 Å². The van der Waals surface area contributed by atoms with Gasteiger partial charge in [-0.2, -0.15) is 0 Å². The zero-order valence-electron chi connectivity index (χ0n) is 16.9. The third-order valence-electron chi connectivity index (χ3n) is 5.74. The molecule has 0 radical (unpaired) electrons. The Morgan fingerprint density at radius 2 is 1.92 bits per heavy atom. The molecular weight excluding hydrogens is 443 g/mol. The van der Waals surface area contributed by atoms with E-state index >= 15 is 0 Å². The molecule has 4 aliphatic rings. The number of carbonyl (C=O) groups is 1. The number of nitrogens with one attached hydrogen (secondary N) is 1. The fourth-order valence-corrected chi connectivity index (χ4v) is 4.77. The minimum absolute atomic E-state index is 0. The number of piperazine rings is 4. The Hall–Kier alpha value is -0.610. The molecule has 7 nitrogen and oxygen atoms in total. The summed E-state index contributed by atoms with van der Waals surface area (Å²) in [6.45, 7) is 16.4. The van der Waals surface area contributed by atoms with E-state index in [9.17, 15) is 4.79 Å². The molecule has 4 saturated heterocycles. The lowest BCUT2D eigenvalue weighted by Crippen LogP contribution is -2.67. The van der Waals surface area contributed by atoms with Gasteiger partial charge in [-0.1, -0.05) is 0 Å². The monoisotopic (exact) mass is 478 g/mol. The van der Waals surface area contributed by atoms with Crippen molar-refractivity contribution in [1.82, 2.24) is 24.9 Å². The summed E-state index contributed by atoms with van der Waals surface area (Å²) < 4.78 is 0. The zero-order valence-corrected chi connectivity index (χ0v) is 19.2. The minimum Gasteiger partial charge on any atom is -0.355 e. The average Bonchev–Trinajstić information content (AvgIpc) is 2.54. The first-order valence-corrected chi connectivity index (χ1v) is 9.56. The lowest BCUT2D eigenvalue weighted by atomic mass is 9.96. The van der Waals surface area contributed by atoms with Crippen LogP contribution in [0.25, 0.3) is 0 Å². The molecule has 1 atom stereocenters. The molecule has 0 saturated carbocycles. The molecule has 2 bridgehead atoms. The number of guanidine groups is 1. The van der Waals surface area contributed by atoms with Gasteiger partial charge in [0.1, 0.15) is 0 Å². The van der Waals surface area contributed by atoms with E-state index in [1.807, 2.05) is 11.9 Å². The highest BCUT2D eigenvalue weighted by molar-refractivity contribution is 14.0. The van der Waals surface area contributed by atoms with Crippen molar-refractivity contribution >= 4 is 35.8 Å². The van der Waals surface area contributed by atoms with Crippen LogP contribution in [0.4, 0.5) is 0 Å². The molecule has 1 unspecified atom stereocenters. The quantitative estimate of drug-likeness (QED) is 0.364. The first-order valence-electron chi connectivity index (χ1n) is 9.56. The standard InChI is InChI=1S/C18H34N6O.HI/c1-14(2)24-16(25)12-23(13-18(24,3)4)17(19-5)20-10-15-11-21-6-8-22(15)9-7-21;/h14-15H,6-13H2,1-5H3,(H,19,20);1H. The number of rotatable bonds is 3. The van der Waals surface area contributed by atoms with Gasteiger partial charge in [0, 0.05) is 64.9 Å². The van der Waals surface area contributed by atoms with Crippen molar-refractivity contribution in [3.63, 3.8) is 0 Å². The fraction of sp³-hybridized carbons (Fsp3) is 0.889. The van der Waals surface area contributed by atoms with Gasteiger partial charge in [0.25, 0.3) is 0 Å². The number of hydrogen-bond donors (Lipinski definition) is 1. The largest absolute Gasteiger partial charge is 0.355 e. The molecule has 0 aromatic heterocycles. The summed E-state index contributed by atoms with van der Waals surface area (Å²) in [6.07, 6.45) is 0. The predicted octanol–water partition coefficient (Wildman–Crippen LogP) is 0.511. The van der Waals surface area contributed by atoms with Crippen LogP contribution >= 0.6 is 24.0 Å². The molecular formula is C18H35IN6O. The normalized spacial score (nSPS) is 31.2.